The Balaban J connectivity index is 1.68. The van der Waals surface area contributed by atoms with Gasteiger partial charge in [-0.2, -0.15) is 0 Å². The first-order valence-electron chi connectivity index (χ1n) is 8.18. The minimum Gasteiger partial charge on any atom is -0.497 e. The molecule has 0 unspecified atom stereocenters. The SMILES string of the molecule is COc1ccc2cc3cc(-c4nc5ccccc5o4)ccc3cc2c1. The van der Waals surface area contributed by atoms with E-state index < -0.39 is 0 Å². The predicted molar refractivity (Wildman–Crippen MR) is 101 cm³/mol. The molecule has 0 aliphatic carbocycles. The fraction of sp³-hybridized carbons (Fsp3) is 0.0455. The lowest BCUT2D eigenvalue weighted by atomic mass is 10.0. The molecule has 1 aromatic heterocycles. The number of aromatic nitrogens is 1. The van der Waals surface area contributed by atoms with Crippen LogP contribution in [-0.4, -0.2) is 12.1 Å². The Hall–Kier alpha value is -3.33. The van der Waals surface area contributed by atoms with Crippen molar-refractivity contribution in [2.24, 2.45) is 0 Å². The van der Waals surface area contributed by atoms with Gasteiger partial charge in [0.05, 0.1) is 7.11 Å². The topological polar surface area (TPSA) is 35.3 Å². The maximum atomic E-state index is 5.89. The summed E-state index contributed by atoms with van der Waals surface area (Å²) in [6, 6.07) is 24.6. The first-order valence-corrected chi connectivity index (χ1v) is 8.18. The molecule has 1 heterocycles. The number of nitrogens with zero attached hydrogens (tertiary/aromatic N) is 1. The molecule has 25 heavy (non-hydrogen) atoms. The van der Waals surface area contributed by atoms with E-state index in [1.807, 2.05) is 30.3 Å². The summed E-state index contributed by atoms with van der Waals surface area (Å²) in [5.41, 5.74) is 2.67. The highest BCUT2D eigenvalue weighted by atomic mass is 16.5. The van der Waals surface area contributed by atoms with Crippen molar-refractivity contribution in [2.75, 3.05) is 7.11 Å². The monoisotopic (exact) mass is 325 g/mol. The predicted octanol–water partition coefficient (Wildman–Crippen LogP) is 5.81. The number of benzene rings is 4. The highest BCUT2D eigenvalue weighted by Gasteiger charge is 2.09. The van der Waals surface area contributed by atoms with Gasteiger partial charge < -0.3 is 9.15 Å². The van der Waals surface area contributed by atoms with Gasteiger partial charge >= 0.3 is 0 Å². The van der Waals surface area contributed by atoms with Crippen molar-refractivity contribution in [2.45, 2.75) is 0 Å². The molecule has 0 aliphatic heterocycles. The average molecular weight is 325 g/mol. The molecule has 0 atom stereocenters. The number of rotatable bonds is 2. The van der Waals surface area contributed by atoms with Crippen LogP contribution in [0, 0.1) is 0 Å². The van der Waals surface area contributed by atoms with Crippen LogP contribution in [0.15, 0.2) is 77.2 Å². The van der Waals surface area contributed by atoms with Crippen LogP contribution in [0.25, 0.3) is 44.1 Å². The third-order valence-electron chi connectivity index (χ3n) is 4.54. The highest BCUT2D eigenvalue weighted by Crippen LogP contribution is 2.30. The van der Waals surface area contributed by atoms with Crippen LogP contribution < -0.4 is 4.74 Å². The molecular formula is C22H15NO2. The summed E-state index contributed by atoms with van der Waals surface area (Å²) >= 11 is 0. The maximum absolute atomic E-state index is 5.89. The molecule has 0 fully saturated rings. The van der Waals surface area contributed by atoms with Crippen molar-refractivity contribution in [3.63, 3.8) is 0 Å². The van der Waals surface area contributed by atoms with E-state index in [-0.39, 0.29) is 0 Å². The largest absolute Gasteiger partial charge is 0.497 e. The van der Waals surface area contributed by atoms with E-state index >= 15 is 0 Å². The molecule has 0 saturated heterocycles. The lowest BCUT2D eigenvalue weighted by Gasteiger charge is -2.06. The average Bonchev–Trinajstić information content (AvgIpc) is 3.09. The van der Waals surface area contributed by atoms with Gasteiger partial charge in [0, 0.05) is 5.56 Å². The zero-order valence-electron chi connectivity index (χ0n) is 13.7. The second kappa shape index (κ2) is 5.35. The molecule has 0 radical (unpaired) electrons. The molecule has 5 aromatic rings. The fourth-order valence-electron chi connectivity index (χ4n) is 3.23. The lowest BCUT2D eigenvalue weighted by Crippen LogP contribution is -1.83. The van der Waals surface area contributed by atoms with Crippen molar-refractivity contribution >= 4 is 32.6 Å². The number of fused-ring (bicyclic) bond motifs is 3. The van der Waals surface area contributed by atoms with Crippen molar-refractivity contribution in [3.05, 3.63) is 72.8 Å². The molecule has 0 aliphatic rings. The summed E-state index contributed by atoms with van der Waals surface area (Å²) < 4.78 is 11.2. The Bertz CT molecular complexity index is 1200. The molecule has 3 nitrogen and oxygen atoms in total. The minimum absolute atomic E-state index is 0.651. The summed E-state index contributed by atoms with van der Waals surface area (Å²) in [7, 11) is 1.69. The molecule has 0 N–H and O–H groups in total. The molecular weight excluding hydrogens is 310 g/mol. The standard InChI is InChI=1S/C22H15NO2/c1-24-19-9-8-15-10-17-12-16(7-6-14(17)11-18(15)13-19)22-23-20-4-2-3-5-21(20)25-22/h2-13H,1H3. The first kappa shape index (κ1) is 14.1. The summed E-state index contributed by atoms with van der Waals surface area (Å²) in [5, 5.41) is 4.70. The third kappa shape index (κ3) is 2.32. The third-order valence-corrected chi connectivity index (χ3v) is 4.54. The van der Waals surface area contributed by atoms with Gasteiger partial charge in [0.2, 0.25) is 5.89 Å². The Morgan fingerprint density at radius 1 is 0.760 bits per heavy atom. The van der Waals surface area contributed by atoms with Crippen LogP contribution in [-0.2, 0) is 0 Å². The van der Waals surface area contributed by atoms with E-state index in [9.17, 15) is 0 Å². The molecule has 5 rings (SSSR count). The molecule has 0 bridgehead atoms. The van der Waals surface area contributed by atoms with Gasteiger partial charge in [-0.05, 0) is 70.1 Å². The Kier molecular flexibility index (Phi) is 3.01. The summed E-state index contributed by atoms with van der Waals surface area (Å²) in [6.07, 6.45) is 0. The van der Waals surface area contributed by atoms with E-state index in [1.165, 1.54) is 16.2 Å². The van der Waals surface area contributed by atoms with E-state index in [0.717, 1.165) is 27.8 Å². The number of ether oxygens (including phenoxy) is 1. The van der Waals surface area contributed by atoms with E-state index in [2.05, 4.69) is 47.4 Å². The minimum atomic E-state index is 0.651. The van der Waals surface area contributed by atoms with Crippen LogP contribution in [0.3, 0.4) is 0 Å². The van der Waals surface area contributed by atoms with Gasteiger partial charge in [0.25, 0.3) is 0 Å². The summed E-state index contributed by atoms with van der Waals surface area (Å²) in [4.78, 5) is 4.59. The van der Waals surface area contributed by atoms with Gasteiger partial charge in [0.1, 0.15) is 11.3 Å². The highest BCUT2D eigenvalue weighted by molar-refractivity contribution is 6.00. The van der Waals surface area contributed by atoms with Crippen molar-refractivity contribution in [1.82, 2.24) is 4.98 Å². The maximum Gasteiger partial charge on any atom is 0.227 e. The van der Waals surface area contributed by atoms with Crippen molar-refractivity contribution in [1.29, 1.82) is 0 Å². The molecule has 0 saturated carbocycles. The zero-order valence-corrected chi connectivity index (χ0v) is 13.7. The first-order chi connectivity index (χ1) is 12.3. The van der Waals surface area contributed by atoms with Crippen LogP contribution in [0.5, 0.6) is 5.75 Å². The molecule has 0 amide bonds. The normalized spacial score (nSPS) is 11.4. The van der Waals surface area contributed by atoms with Crippen molar-refractivity contribution in [3.8, 4) is 17.2 Å². The number of methoxy groups -OCH3 is 1. The van der Waals surface area contributed by atoms with Gasteiger partial charge in [-0.15, -0.1) is 0 Å². The Labute approximate surface area is 144 Å². The fourth-order valence-corrected chi connectivity index (χ4v) is 3.23. The van der Waals surface area contributed by atoms with Gasteiger partial charge in [-0.3, -0.25) is 0 Å². The lowest BCUT2D eigenvalue weighted by molar-refractivity contribution is 0.415. The Morgan fingerprint density at radius 2 is 1.52 bits per heavy atom. The molecule has 0 spiro atoms. The second-order valence-corrected chi connectivity index (χ2v) is 6.11. The Morgan fingerprint density at radius 3 is 2.32 bits per heavy atom. The number of oxazole rings is 1. The van der Waals surface area contributed by atoms with Gasteiger partial charge in [-0.1, -0.05) is 24.3 Å². The van der Waals surface area contributed by atoms with Gasteiger partial charge in [-0.25, -0.2) is 4.98 Å². The molecule has 120 valence electrons. The van der Waals surface area contributed by atoms with Crippen LogP contribution >= 0.6 is 0 Å². The van der Waals surface area contributed by atoms with Crippen LogP contribution in [0.2, 0.25) is 0 Å². The van der Waals surface area contributed by atoms with Crippen molar-refractivity contribution < 1.29 is 9.15 Å². The number of para-hydroxylation sites is 2. The second-order valence-electron chi connectivity index (χ2n) is 6.11. The molecule has 4 aromatic carbocycles. The smallest absolute Gasteiger partial charge is 0.227 e. The zero-order chi connectivity index (χ0) is 16.8. The van der Waals surface area contributed by atoms with E-state index in [4.69, 9.17) is 9.15 Å². The summed E-state index contributed by atoms with van der Waals surface area (Å²) in [5.74, 6) is 1.52. The van der Waals surface area contributed by atoms with Crippen LogP contribution in [0.4, 0.5) is 0 Å². The van der Waals surface area contributed by atoms with Crippen LogP contribution in [0.1, 0.15) is 0 Å². The quantitative estimate of drug-likeness (QED) is 0.384. The summed E-state index contributed by atoms with van der Waals surface area (Å²) in [6.45, 7) is 0. The van der Waals surface area contributed by atoms with Gasteiger partial charge in [0.15, 0.2) is 5.58 Å². The van der Waals surface area contributed by atoms with E-state index in [0.29, 0.717) is 5.89 Å². The molecule has 3 heteroatoms. The van der Waals surface area contributed by atoms with E-state index in [1.54, 1.807) is 7.11 Å². The number of hydrogen-bond donors (Lipinski definition) is 0. The number of hydrogen-bond acceptors (Lipinski definition) is 3.